The molecule has 98 valence electrons. The molecule has 2 atom stereocenters. The normalized spacial score (nSPS) is 21.9. The molecule has 2 nitrogen and oxygen atoms in total. The van der Waals surface area contributed by atoms with E-state index in [-0.39, 0.29) is 6.10 Å². The van der Waals surface area contributed by atoms with Crippen LogP contribution in [-0.2, 0) is 12.8 Å². The van der Waals surface area contributed by atoms with E-state index in [4.69, 9.17) is 0 Å². The smallest absolute Gasteiger partial charge is 0.0821 e. The molecule has 1 aromatic carbocycles. The maximum atomic E-state index is 10.5. The first-order chi connectivity index (χ1) is 9.34. The largest absolute Gasteiger partial charge is 0.388 e. The van der Waals surface area contributed by atoms with Gasteiger partial charge >= 0.3 is 0 Å². The SMILES string of the molecule is OC1c2ccccc2CCC1CCc1cccnc1. The van der Waals surface area contributed by atoms with Crippen LogP contribution < -0.4 is 0 Å². The fourth-order valence-corrected chi connectivity index (χ4v) is 3.00. The van der Waals surface area contributed by atoms with Crippen molar-refractivity contribution in [3.05, 3.63) is 65.5 Å². The summed E-state index contributed by atoms with van der Waals surface area (Å²) in [7, 11) is 0. The molecule has 0 saturated carbocycles. The molecule has 0 amide bonds. The van der Waals surface area contributed by atoms with Crippen LogP contribution >= 0.6 is 0 Å². The Labute approximate surface area is 114 Å². The zero-order valence-electron chi connectivity index (χ0n) is 11.0. The molecule has 0 bridgehead atoms. The van der Waals surface area contributed by atoms with E-state index in [1.807, 2.05) is 18.3 Å². The second-order valence-electron chi connectivity index (χ2n) is 5.34. The van der Waals surface area contributed by atoms with Crippen molar-refractivity contribution in [3.8, 4) is 0 Å². The maximum absolute atomic E-state index is 10.5. The van der Waals surface area contributed by atoms with Crippen LogP contribution in [0.25, 0.3) is 0 Å². The Bertz CT molecular complexity index is 538. The summed E-state index contributed by atoms with van der Waals surface area (Å²) in [6.07, 6.45) is 7.61. The monoisotopic (exact) mass is 253 g/mol. The lowest BCUT2D eigenvalue weighted by molar-refractivity contribution is 0.0887. The fourth-order valence-electron chi connectivity index (χ4n) is 3.00. The first-order valence-electron chi connectivity index (χ1n) is 6.99. The van der Waals surface area contributed by atoms with Gasteiger partial charge < -0.3 is 5.11 Å². The Balaban J connectivity index is 1.68. The molecule has 0 radical (unpaired) electrons. The van der Waals surface area contributed by atoms with Gasteiger partial charge in [-0.3, -0.25) is 4.98 Å². The van der Waals surface area contributed by atoms with E-state index >= 15 is 0 Å². The van der Waals surface area contributed by atoms with Gasteiger partial charge in [0, 0.05) is 12.4 Å². The van der Waals surface area contributed by atoms with Gasteiger partial charge in [-0.1, -0.05) is 30.3 Å². The molecule has 3 rings (SSSR count). The highest BCUT2D eigenvalue weighted by molar-refractivity contribution is 5.31. The zero-order chi connectivity index (χ0) is 13.1. The molecule has 1 aromatic heterocycles. The minimum Gasteiger partial charge on any atom is -0.388 e. The first-order valence-corrected chi connectivity index (χ1v) is 6.99. The number of aromatic nitrogens is 1. The van der Waals surface area contributed by atoms with Gasteiger partial charge in [-0.25, -0.2) is 0 Å². The third kappa shape index (κ3) is 2.69. The van der Waals surface area contributed by atoms with Gasteiger partial charge in [0.1, 0.15) is 0 Å². The molecule has 2 heteroatoms. The van der Waals surface area contributed by atoms with Crippen LogP contribution in [0.3, 0.4) is 0 Å². The fraction of sp³-hybridized carbons (Fsp3) is 0.353. The zero-order valence-corrected chi connectivity index (χ0v) is 11.0. The highest BCUT2D eigenvalue weighted by atomic mass is 16.3. The van der Waals surface area contributed by atoms with Crippen LogP contribution in [0.15, 0.2) is 48.8 Å². The summed E-state index contributed by atoms with van der Waals surface area (Å²) < 4.78 is 0. The summed E-state index contributed by atoms with van der Waals surface area (Å²) in [5, 5.41) is 10.5. The lowest BCUT2D eigenvalue weighted by Gasteiger charge is -2.30. The average molecular weight is 253 g/mol. The third-order valence-electron chi connectivity index (χ3n) is 4.13. The van der Waals surface area contributed by atoms with Crippen molar-refractivity contribution < 1.29 is 5.11 Å². The Morgan fingerprint density at radius 2 is 2.05 bits per heavy atom. The van der Waals surface area contributed by atoms with E-state index in [2.05, 4.69) is 29.2 Å². The Morgan fingerprint density at radius 1 is 1.16 bits per heavy atom. The molecule has 1 N–H and O–H groups in total. The summed E-state index contributed by atoms with van der Waals surface area (Å²) in [5.74, 6) is 0.370. The van der Waals surface area contributed by atoms with Gasteiger partial charge in [0.2, 0.25) is 0 Å². The average Bonchev–Trinajstić information content (AvgIpc) is 2.48. The molecule has 1 heterocycles. The number of rotatable bonds is 3. The molecule has 1 aliphatic rings. The molecule has 19 heavy (non-hydrogen) atoms. The van der Waals surface area contributed by atoms with Gasteiger partial charge in [-0.05, 0) is 54.4 Å². The number of aliphatic hydroxyl groups is 1. The third-order valence-corrected chi connectivity index (χ3v) is 4.13. The number of pyridine rings is 1. The highest BCUT2D eigenvalue weighted by Gasteiger charge is 2.27. The summed E-state index contributed by atoms with van der Waals surface area (Å²) in [4.78, 5) is 4.14. The number of aryl methyl sites for hydroxylation is 2. The van der Waals surface area contributed by atoms with Gasteiger partial charge in [0.05, 0.1) is 6.10 Å². The van der Waals surface area contributed by atoms with Gasteiger partial charge in [0.25, 0.3) is 0 Å². The quantitative estimate of drug-likeness (QED) is 0.910. The van der Waals surface area contributed by atoms with Gasteiger partial charge in [-0.15, -0.1) is 0 Å². The van der Waals surface area contributed by atoms with E-state index in [9.17, 15) is 5.11 Å². The first kappa shape index (κ1) is 12.4. The van der Waals surface area contributed by atoms with Crippen LogP contribution in [0.1, 0.15) is 35.6 Å². The number of benzene rings is 1. The lowest BCUT2D eigenvalue weighted by Crippen LogP contribution is -2.21. The Hall–Kier alpha value is -1.67. The standard InChI is InChI=1S/C17H19NO/c19-17-15(8-7-13-4-3-11-18-12-13)10-9-14-5-1-2-6-16(14)17/h1-6,11-12,15,17,19H,7-10H2. The predicted molar refractivity (Wildman–Crippen MR) is 75.8 cm³/mol. The number of nitrogens with zero attached hydrogens (tertiary/aromatic N) is 1. The van der Waals surface area contributed by atoms with Crippen LogP contribution in [-0.4, -0.2) is 10.1 Å². The Kier molecular flexibility index (Phi) is 3.60. The van der Waals surface area contributed by atoms with E-state index in [0.717, 1.165) is 31.2 Å². The number of fused-ring (bicyclic) bond motifs is 1. The Morgan fingerprint density at radius 3 is 2.89 bits per heavy atom. The summed E-state index contributed by atoms with van der Waals surface area (Å²) in [6.45, 7) is 0. The van der Waals surface area contributed by atoms with Crippen molar-refractivity contribution in [1.29, 1.82) is 0 Å². The topological polar surface area (TPSA) is 33.1 Å². The second-order valence-corrected chi connectivity index (χ2v) is 5.34. The van der Waals surface area contributed by atoms with Crippen molar-refractivity contribution in [1.82, 2.24) is 4.98 Å². The molecular formula is C17H19NO. The van der Waals surface area contributed by atoms with Crippen molar-refractivity contribution in [3.63, 3.8) is 0 Å². The summed E-state index contributed by atoms with van der Waals surface area (Å²) >= 11 is 0. The maximum Gasteiger partial charge on any atom is 0.0821 e. The van der Waals surface area contributed by atoms with Gasteiger partial charge in [0.15, 0.2) is 0 Å². The van der Waals surface area contributed by atoms with Crippen molar-refractivity contribution in [2.75, 3.05) is 0 Å². The lowest BCUT2D eigenvalue weighted by atomic mass is 9.79. The van der Waals surface area contributed by atoms with Crippen LogP contribution in [0.2, 0.25) is 0 Å². The molecule has 0 saturated heterocycles. The number of hydrogen-bond acceptors (Lipinski definition) is 2. The van der Waals surface area contributed by atoms with E-state index < -0.39 is 0 Å². The van der Waals surface area contributed by atoms with Crippen LogP contribution in [0, 0.1) is 5.92 Å². The molecule has 0 spiro atoms. The minimum atomic E-state index is -0.304. The number of hydrogen-bond donors (Lipinski definition) is 1. The molecule has 2 unspecified atom stereocenters. The summed E-state index contributed by atoms with van der Waals surface area (Å²) in [5.41, 5.74) is 3.70. The van der Waals surface area contributed by atoms with Crippen LogP contribution in [0.5, 0.6) is 0 Å². The van der Waals surface area contributed by atoms with Crippen molar-refractivity contribution in [2.45, 2.75) is 31.8 Å². The predicted octanol–water partition coefficient (Wildman–Crippen LogP) is 3.31. The van der Waals surface area contributed by atoms with E-state index in [1.54, 1.807) is 6.20 Å². The van der Waals surface area contributed by atoms with E-state index in [1.165, 1.54) is 11.1 Å². The second kappa shape index (κ2) is 5.54. The molecule has 2 aromatic rings. The molecule has 0 fully saturated rings. The molecular weight excluding hydrogens is 234 g/mol. The van der Waals surface area contributed by atoms with Crippen LogP contribution in [0.4, 0.5) is 0 Å². The van der Waals surface area contributed by atoms with Crippen molar-refractivity contribution >= 4 is 0 Å². The molecule has 0 aliphatic heterocycles. The summed E-state index contributed by atoms with van der Waals surface area (Å²) in [6, 6.07) is 12.4. The molecule has 1 aliphatic carbocycles. The van der Waals surface area contributed by atoms with E-state index in [0.29, 0.717) is 5.92 Å². The van der Waals surface area contributed by atoms with Gasteiger partial charge in [-0.2, -0.15) is 0 Å². The highest BCUT2D eigenvalue weighted by Crippen LogP contribution is 2.36. The minimum absolute atomic E-state index is 0.304. The van der Waals surface area contributed by atoms with Crippen molar-refractivity contribution in [2.24, 2.45) is 5.92 Å². The number of aliphatic hydroxyl groups excluding tert-OH is 1.